The lowest BCUT2D eigenvalue weighted by Crippen LogP contribution is -2.21. The van der Waals surface area contributed by atoms with Gasteiger partial charge in [0.1, 0.15) is 11.5 Å². The molecule has 0 fully saturated rings. The summed E-state index contributed by atoms with van der Waals surface area (Å²) >= 11 is 3.15. The van der Waals surface area contributed by atoms with E-state index in [1.54, 1.807) is 22.7 Å². The molecular weight excluding hydrogens is 328 g/mol. The first-order valence-electron chi connectivity index (χ1n) is 7.45. The number of carbonyl (C=O) groups excluding carboxylic acids is 1. The zero-order chi connectivity index (χ0) is 16.4. The lowest BCUT2D eigenvalue weighted by Gasteiger charge is -2.00. The summed E-state index contributed by atoms with van der Waals surface area (Å²) < 4.78 is 5.75. The molecule has 6 heteroatoms. The number of aromatic nitrogens is 1. The van der Waals surface area contributed by atoms with Gasteiger partial charge in [0, 0.05) is 10.3 Å². The lowest BCUT2D eigenvalue weighted by atomic mass is 10.2. The van der Waals surface area contributed by atoms with E-state index in [1.807, 2.05) is 37.4 Å². The first-order valence-corrected chi connectivity index (χ1v) is 9.15. The average molecular weight is 346 g/mol. The van der Waals surface area contributed by atoms with E-state index in [0.29, 0.717) is 6.54 Å². The van der Waals surface area contributed by atoms with Crippen LogP contribution in [0.15, 0.2) is 28.0 Å². The second kappa shape index (κ2) is 6.68. The molecule has 0 aromatic carbocycles. The summed E-state index contributed by atoms with van der Waals surface area (Å²) in [6.07, 6.45) is 0.957. The van der Waals surface area contributed by atoms with Gasteiger partial charge in [0.15, 0.2) is 5.76 Å². The minimum absolute atomic E-state index is 0.0553. The number of hydrogen-bond acceptors (Lipinski definition) is 5. The highest BCUT2D eigenvalue weighted by atomic mass is 32.1. The minimum Gasteiger partial charge on any atom is -0.458 e. The second-order valence-electron chi connectivity index (χ2n) is 5.27. The molecule has 3 aromatic heterocycles. The molecule has 120 valence electrons. The van der Waals surface area contributed by atoms with Crippen LogP contribution < -0.4 is 5.32 Å². The van der Waals surface area contributed by atoms with E-state index in [9.17, 15) is 4.79 Å². The van der Waals surface area contributed by atoms with Crippen molar-refractivity contribution in [2.45, 2.75) is 33.7 Å². The van der Waals surface area contributed by atoms with Crippen LogP contribution in [0.5, 0.6) is 0 Å². The Hall–Kier alpha value is -1.92. The van der Waals surface area contributed by atoms with Gasteiger partial charge in [-0.1, -0.05) is 6.92 Å². The summed E-state index contributed by atoms with van der Waals surface area (Å²) in [5, 5.41) is 5.88. The van der Waals surface area contributed by atoms with E-state index in [4.69, 9.17) is 4.42 Å². The van der Waals surface area contributed by atoms with Crippen LogP contribution in [-0.4, -0.2) is 10.9 Å². The molecule has 1 amide bonds. The van der Waals surface area contributed by atoms with Gasteiger partial charge in [-0.2, -0.15) is 0 Å². The van der Waals surface area contributed by atoms with Crippen LogP contribution in [-0.2, 0) is 13.0 Å². The van der Waals surface area contributed by atoms with Crippen molar-refractivity contribution in [3.05, 3.63) is 49.7 Å². The van der Waals surface area contributed by atoms with Gasteiger partial charge >= 0.3 is 0 Å². The highest BCUT2D eigenvalue weighted by Crippen LogP contribution is 2.24. The Morgan fingerprint density at radius 3 is 2.83 bits per heavy atom. The van der Waals surface area contributed by atoms with E-state index in [2.05, 4.69) is 17.2 Å². The number of thiophene rings is 1. The van der Waals surface area contributed by atoms with Crippen molar-refractivity contribution >= 4 is 28.6 Å². The van der Waals surface area contributed by atoms with Crippen molar-refractivity contribution in [2.24, 2.45) is 0 Å². The molecule has 0 aliphatic rings. The van der Waals surface area contributed by atoms with Crippen LogP contribution in [0.1, 0.15) is 37.8 Å². The molecule has 0 spiro atoms. The van der Waals surface area contributed by atoms with Crippen molar-refractivity contribution in [2.75, 3.05) is 0 Å². The third-order valence-electron chi connectivity index (χ3n) is 3.52. The summed E-state index contributed by atoms with van der Waals surface area (Å²) in [5.74, 6) is 1.40. The van der Waals surface area contributed by atoms with E-state index < -0.39 is 0 Å². The molecule has 0 atom stereocenters. The second-order valence-corrected chi connectivity index (χ2v) is 7.47. The number of nitrogens with one attached hydrogen (secondary N) is 1. The number of hydrogen-bond donors (Lipinski definition) is 1. The molecule has 0 radical (unpaired) electrons. The Kier molecular flexibility index (Phi) is 4.63. The van der Waals surface area contributed by atoms with Crippen molar-refractivity contribution < 1.29 is 9.21 Å². The topological polar surface area (TPSA) is 55.1 Å². The predicted molar refractivity (Wildman–Crippen MR) is 94.2 cm³/mol. The fourth-order valence-electron chi connectivity index (χ4n) is 2.32. The first-order chi connectivity index (χ1) is 11.1. The number of amides is 1. The normalized spacial score (nSPS) is 10.9. The molecule has 0 aliphatic carbocycles. The number of aryl methyl sites for hydroxylation is 3. The fourth-order valence-corrected chi connectivity index (χ4v) is 3.96. The van der Waals surface area contributed by atoms with E-state index >= 15 is 0 Å². The maximum atomic E-state index is 12.2. The number of nitrogens with zero attached hydrogens (tertiary/aromatic N) is 1. The molecule has 3 heterocycles. The lowest BCUT2D eigenvalue weighted by molar-refractivity contribution is 0.0952. The quantitative estimate of drug-likeness (QED) is 0.736. The zero-order valence-corrected chi connectivity index (χ0v) is 14.9. The number of thiazole rings is 1. The third kappa shape index (κ3) is 3.54. The highest BCUT2D eigenvalue weighted by molar-refractivity contribution is 7.14. The molecule has 0 bridgehead atoms. The molecule has 23 heavy (non-hydrogen) atoms. The Morgan fingerprint density at radius 1 is 1.35 bits per heavy atom. The van der Waals surface area contributed by atoms with Gasteiger partial charge in [0.2, 0.25) is 0 Å². The zero-order valence-electron chi connectivity index (χ0n) is 13.3. The van der Waals surface area contributed by atoms with Gasteiger partial charge in [-0.05, 0) is 44.0 Å². The van der Waals surface area contributed by atoms with Crippen molar-refractivity contribution in [3.63, 3.8) is 0 Å². The summed E-state index contributed by atoms with van der Waals surface area (Å²) in [4.78, 5) is 18.6. The average Bonchev–Trinajstić information content (AvgIpc) is 3.24. The Bertz CT molecular complexity index is 829. The molecular formula is C17H18N2O2S2. The summed E-state index contributed by atoms with van der Waals surface area (Å²) in [7, 11) is 0. The maximum Gasteiger partial charge on any atom is 0.261 e. The molecule has 1 N–H and O–H groups in total. The minimum atomic E-state index is -0.0553. The number of furan rings is 1. The predicted octanol–water partition coefficient (Wildman–Crippen LogP) is 4.57. The summed E-state index contributed by atoms with van der Waals surface area (Å²) in [6, 6.07) is 5.71. The van der Waals surface area contributed by atoms with Crippen LogP contribution >= 0.6 is 22.7 Å². The summed E-state index contributed by atoms with van der Waals surface area (Å²) in [6.45, 7) is 6.48. The van der Waals surface area contributed by atoms with Crippen LogP contribution in [0.25, 0.3) is 11.5 Å². The van der Waals surface area contributed by atoms with E-state index in [0.717, 1.165) is 33.5 Å². The highest BCUT2D eigenvalue weighted by Gasteiger charge is 2.13. The number of rotatable bonds is 5. The van der Waals surface area contributed by atoms with Gasteiger partial charge in [0.05, 0.1) is 16.4 Å². The molecule has 4 nitrogen and oxygen atoms in total. The molecule has 0 saturated carbocycles. The molecule has 3 aromatic rings. The summed E-state index contributed by atoms with van der Waals surface area (Å²) in [5.41, 5.74) is 2.02. The molecule has 0 aliphatic heterocycles. The van der Waals surface area contributed by atoms with Crippen LogP contribution in [0.3, 0.4) is 0 Å². The van der Waals surface area contributed by atoms with Crippen LogP contribution in [0.4, 0.5) is 0 Å². The van der Waals surface area contributed by atoms with Crippen molar-refractivity contribution in [1.82, 2.24) is 10.3 Å². The van der Waals surface area contributed by atoms with Gasteiger partial charge in [-0.3, -0.25) is 4.79 Å². The van der Waals surface area contributed by atoms with Crippen molar-refractivity contribution in [3.8, 4) is 11.5 Å². The SMILES string of the molecule is CCc1sc(C(=O)NCc2ccc(-c3csc(C)n3)o2)cc1C. The standard InChI is InChI=1S/C17H18N2O2S2/c1-4-15-10(2)7-16(23-15)17(20)18-8-12-5-6-14(21-12)13-9-22-11(3)19-13/h5-7,9H,4,8H2,1-3H3,(H,18,20). The van der Waals surface area contributed by atoms with E-state index in [1.165, 1.54) is 10.4 Å². The smallest absolute Gasteiger partial charge is 0.261 e. The van der Waals surface area contributed by atoms with Gasteiger partial charge in [0.25, 0.3) is 5.91 Å². The number of carbonyl (C=O) groups is 1. The Morgan fingerprint density at radius 2 is 2.17 bits per heavy atom. The molecule has 0 saturated heterocycles. The van der Waals surface area contributed by atoms with E-state index in [-0.39, 0.29) is 5.91 Å². The van der Waals surface area contributed by atoms with Crippen molar-refractivity contribution in [1.29, 1.82) is 0 Å². The Balaban J connectivity index is 1.64. The van der Waals surface area contributed by atoms with Gasteiger partial charge in [-0.25, -0.2) is 4.98 Å². The van der Waals surface area contributed by atoms with Crippen LogP contribution in [0.2, 0.25) is 0 Å². The molecule has 3 rings (SSSR count). The first kappa shape index (κ1) is 16.0. The van der Waals surface area contributed by atoms with Gasteiger partial charge in [-0.15, -0.1) is 22.7 Å². The maximum absolute atomic E-state index is 12.2. The molecule has 0 unspecified atom stereocenters. The Labute approximate surface area is 143 Å². The van der Waals surface area contributed by atoms with Crippen LogP contribution in [0, 0.1) is 13.8 Å². The monoisotopic (exact) mass is 346 g/mol. The third-order valence-corrected chi connectivity index (χ3v) is 5.68. The van der Waals surface area contributed by atoms with Gasteiger partial charge < -0.3 is 9.73 Å². The fraction of sp³-hybridized carbons (Fsp3) is 0.294. The largest absolute Gasteiger partial charge is 0.458 e.